The third kappa shape index (κ3) is 4.26. The van der Waals surface area contributed by atoms with Gasteiger partial charge in [-0.05, 0) is 51.0 Å². The van der Waals surface area contributed by atoms with Crippen molar-refractivity contribution in [1.82, 2.24) is 14.7 Å². The Morgan fingerprint density at radius 1 is 1.39 bits per heavy atom. The number of nitrogens with one attached hydrogen (secondary N) is 1. The highest BCUT2D eigenvalue weighted by atomic mass is 35.5. The predicted molar refractivity (Wildman–Crippen MR) is 94.2 cm³/mol. The first-order valence-corrected chi connectivity index (χ1v) is 8.10. The van der Waals surface area contributed by atoms with Crippen LogP contribution in [0.3, 0.4) is 0 Å². The second-order valence-corrected chi connectivity index (χ2v) is 6.01. The van der Waals surface area contributed by atoms with E-state index in [1.807, 2.05) is 23.7 Å². The predicted octanol–water partition coefficient (Wildman–Crippen LogP) is 3.88. The second kappa shape index (κ2) is 7.51. The third-order valence-electron chi connectivity index (χ3n) is 3.95. The Kier molecular flexibility index (Phi) is 5.66. The van der Waals surface area contributed by atoms with Crippen LogP contribution in [-0.2, 0) is 13.0 Å². The van der Waals surface area contributed by atoms with Crippen molar-refractivity contribution in [2.75, 3.05) is 18.9 Å². The molecule has 0 radical (unpaired) electrons. The van der Waals surface area contributed by atoms with E-state index >= 15 is 0 Å². The number of halogens is 1. The summed E-state index contributed by atoms with van der Waals surface area (Å²) >= 11 is 5.93. The lowest BCUT2D eigenvalue weighted by Gasteiger charge is -2.18. The summed E-state index contributed by atoms with van der Waals surface area (Å²) in [5.74, 6) is 0. The maximum Gasteiger partial charge on any atom is 0.321 e. The van der Waals surface area contributed by atoms with Gasteiger partial charge in [0.25, 0.3) is 0 Å². The molecule has 2 aromatic rings. The molecule has 0 aliphatic rings. The standard InChI is InChI=1S/C17H23ClN4O/c1-5-22-13(3)16(12(2)20-22)9-10-21(4)17(23)19-15-8-6-7-14(18)11-15/h6-8,11H,5,9-10H2,1-4H3,(H,19,23). The maximum absolute atomic E-state index is 12.2. The van der Waals surface area contributed by atoms with Crippen LogP contribution in [0.1, 0.15) is 23.9 Å². The topological polar surface area (TPSA) is 50.2 Å². The van der Waals surface area contributed by atoms with E-state index < -0.39 is 0 Å². The van der Waals surface area contributed by atoms with E-state index in [1.165, 1.54) is 11.3 Å². The summed E-state index contributed by atoms with van der Waals surface area (Å²) < 4.78 is 2.00. The number of likely N-dealkylation sites (N-methyl/N-ethyl adjacent to an activating group) is 1. The van der Waals surface area contributed by atoms with Crippen LogP contribution >= 0.6 is 11.6 Å². The lowest BCUT2D eigenvalue weighted by Crippen LogP contribution is -2.33. The van der Waals surface area contributed by atoms with Gasteiger partial charge in [0.1, 0.15) is 0 Å². The van der Waals surface area contributed by atoms with Crippen molar-refractivity contribution in [2.45, 2.75) is 33.7 Å². The number of aromatic nitrogens is 2. The normalized spacial score (nSPS) is 10.7. The molecule has 2 amide bonds. The Morgan fingerprint density at radius 2 is 2.13 bits per heavy atom. The molecule has 0 bridgehead atoms. The van der Waals surface area contributed by atoms with Gasteiger partial charge in [0, 0.05) is 36.5 Å². The molecular formula is C17H23ClN4O. The van der Waals surface area contributed by atoms with Crippen LogP contribution < -0.4 is 5.32 Å². The molecule has 0 unspecified atom stereocenters. The minimum atomic E-state index is -0.148. The van der Waals surface area contributed by atoms with Crippen LogP contribution in [0.5, 0.6) is 0 Å². The summed E-state index contributed by atoms with van der Waals surface area (Å²) in [7, 11) is 1.79. The van der Waals surface area contributed by atoms with Crippen LogP contribution in [0.25, 0.3) is 0 Å². The van der Waals surface area contributed by atoms with E-state index in [9.17, 15) is 4.79 Å². The largest absolute Gasteiger partial charge is 0.327 e. The lowest BCUT2D eigenvalue weighted by atomic mass is 10.1. The lowest BCUT2D eigenvalue weighted by molar-refractivity contribution is 0.223. The number of amides is 2. The van der Waals surface area contributed by atoms with Gasteiger partial charge in [-0.1, -0.05) is 17.7 Å². The summed E-state index contributed by atoms with van der Waals surface area (Å²) in [6.45, 7) is 7.65. The Hall–Kier alpha value is -2.01. The quantitative estimate of drug-likeness (QED) is 0.902. The molecule has 2 rings (SSSR count). The van der Waals surface area contributed by atoms with Gasteiger partial charge in [-0.15, -0.1) is 0 Å². The van der Waals surface area contributed by atoms with Crippen LogP contribution in [0, 0.1) is 13.8 Å². The number of carbonyl (C=O) groups excluding carboxylic acids is 1. The molecule has 1 aromatic carbocycles. The highest BCUT2D eigenvalue weighted by Gasteiger charge is 2.14. The third-order valence-corrected chi connectivity index (χ3v) is 4.19. The Labute approximate surface area is 142 Å². The SMILES string of the molecule is CCn1nc(C)c(CCN(C)C(=O)Nc2cccc(Cl)c2)c1C. The van der Waals surface area contributed by atoms with Crippen molar-refractivity contribution in [3.8, 4) is 0 Å². The average Bonchev–Trinajstić information content (AvgIpc) is 2.79. The molecule has 1 heterocycles. The average molecular weight is 335 g/mol. The van der Waals surface area contributed by atoms with Crippen molar-refractivity contribution in [2.24, 2.45) is 0 Å². The van der Waals surface area contributed by atoms with E-state index in [-0.39, 0.29) is 6.03 Å². The van der Waals surface area contributed by atoms with Gasteiger partial charge in [-0.3, -0.25) is 4.68 Å². The number of hydrogen-bond acceptors (Lipinski definition) is 2. The fourth-order valence-corrected chi connectivity index (χ4v) is 2.76. The van der Waals surface area contributed by atoms with Crippen molar-refractivity contribution in [3.05, 3.63) is 46.2 Å². The molecule has 0 saturated carbocycles. The van der Waals surface area contributed by atoms with Gasteiger partial charge in [0.2, 0.25) is 0 Å². The molecule has 0 spiro atoms. The molecule has 6 heteroatoms. The minimum Gasteiger partial charge on any atom is -0.327 e. The smallest absolute Gasteiger partial charge is 0.321 e. The molecule has 1 aromatic heterocycles. The maximum atomic E-state index is 12.2. The number of urea groups is 1. The zero-order chi connectivity index (χ0) is 17.0. The Bertz CT molecular complexity index is 696. The summed E-state index contributed by atoms with van der Waals surface area (Å²) in [6, 6.07) is 6.98. The minimum absolute atomic E-state index is 0.148. The fraction of sp³-hybridized carbons (Fsp3) is 0.412. The number of aryl methyl sites for hydroxylation is 2. The highest BCUT2D eigenvalue weighted by Crippen LogP contribution is 2.16. The molecule has 0 atom stereocenters. The summed E-state index contributed by atoms with van der Waals surface area (Å²) in [6.07, 6.45) is 0.789. The number of benzene rings is 1. The highest BCUT2D eigenvalue weighted by molar-refractivity contribution is 6.30. The number of hydrogen-bond donors (Lipinski definition) is 1. The van der Waals surface area contributed by atoms with Crippen LogP contribution in [0.15, 0.2) is 24.3 Å². The number of nitrogens with zero attached hydrogens (tertiary/aromatic N) is 3. The van der Waals surface area contributed by atoms with Gasteiger partial charge in [-0.2, -0.15) is 5.10 Å². The van der Waals surface area contributed by atoms with Gasteiger partial charge in [-0.25, -0.2) is 4.79 Å². The number of rotatable bonds is 5. The van der Waals surface area contributed by atoms with E-state index in [0.29, 0.717) is 17.3 Å². The van der Waals surface area contributed by atoms with E-state index in [0.717, 1.165) is 18.7 Å². The summed E-state index contributed by atoms with van der Waals surface area (Å²) in [4.78, 5) is 13.9. The van der Waals surface area contributed by atoms with Crippen molar-refractivity contribution < 1.29 is 4.79 Å². The van der Waals surface area contributed by atoms with Gasteiger partial charge < -0.3 is 10.2 Å². The molecule has 5 nitrogen and oxygen atoms in total. The first-order chi connectivity index (χ1) is 10.9. The van der Waals surface area contributed by atoms with E-state index in [4.69, 9.17) is 11.6 Å². The Balaban J connectivity index is 1.95. The molecule has 0 aliphatic heterocycles. The van der Waals surface area contributed by atoms with Crippen molar-refractivity contribution in [1.29, 1.82) is 0 Å². The van der Waals surface area contributed by atoms with Crippen LogP contribution in [0.2, 0.25) is 5.02 Å². The molecule has 1 N–H and O–H groups in total. The zero-order valence-corrected chi connectivity index (χ0v) is 14.8. The van der Waals surface area contributed by atoms with E-state index in [1.54, 1.807) is 24.1 Å². The summed E-state index contributed by atoms with van der Waals surface area (Å²) in [5, 5.41) is 7.96. The second-order valence-electron chi connectivity index (χ2n) is 5.58. The van der Waals surface area contributed by atoms with Crippen LogP contribution in [0.4, 0.5) is 10.5 Å². The van der Waals surface area contributed by atoms with Crippen molar-refractivity contribution in [3.63, 3.8) is 0 Å². The van der Waals surface area contributed by atoms with Gasteiger partial charge in [0.05, 0.1) is 5.69 Å². The van der Waals surface area contributed by atoms with Crippen LogP contribution in [-0.4, -0.2) is 34.3 Å². The first kappa shape index (κ1) is 17.3. The molecule has 0 saturated heterocycles. The molecule has 0 aliphatic carbocycles. The van der Waals surface area contributed by atoms with E-state index in [2.05, 4.69) is 24.3 Å². The molecule has 23 heavy (non-hydrogen) atoms. The molecular weight excluding hydrogens is 312 g/mol. The number of anilines is 1. The molecule has 124 valence electrons. The first-order valence-electron chi connectivity index (χ1n) is 7.73. The van der Waals surface area contributed by atoms with Gasteiger partial charge >= 0.3 is 6.03 Å². The fourth-order valence-electron chi connectivity index (χ4n) is 2.57. The Morgan fingerprint density at radius 3 is 2.74 bits per heavy atom. The van der Waals surface area contributed by atoms with Gasteiger partial charge in [0.15, 0.2) is 0 Å². The number of carbonyl (C=O) groups is 1. The monoisotopic (exact) mass is 334 g/mol. The summed E-state index contributed by atoms with van der Waals surface area (Å²) in [5.41, 5.74) is 4.12. The van der Waals surface area contributed by atoms with Crippen molar-refractivity contribution >= 4 is 23.3 Å². The zero-order valence-electron chi connectivity index (χ0n) is 14.1. The molecule has 0 fully saturated rings.